The topological polar surface area (TPSA) is 49.4 Å². The van der Waals surface area contributed by atoms with Gasteiger partial charge in [0.25, 0.3) is 5.91 Å². The summed E-state index contributed by atoms with van der Waals surface area (Å²) in [5.74, 6) is -0.00257. The van der Waals surface area contributed by atoms with Crippen LogP contribution in [0.5, 0.6) is 0 Å². The molecular weight excluding hydrogens is 444 g/mol. The Bertz CT molecular complexity index is 1140. The molecule has 158 valence electrons. The highest BCUT2D eigenvalue weighted by molar-refractivity contribution is 8.26. The maximum atomic E-state index is 12.6. The number of unbranched alkanes of at least 4 members (excludes halogenated alkanes) is 2. The van der Waals surface area contributed by atoms with Gasteiger partial charge in [-0.2, -0.15) is 0 Å². The summed E-state index contributed by atoms with van der Waals surface area (Å²) < 4.78 is 0.613. The Balaban J connectivity index is 1.19. The number of anilines is 1. The Morgan fingerprint density at radius 1 is 1.03 bits per heavy atom. The van der Waals surface area contributed by atoms with Crippen LogP contribution in [0.15, 0.2) is 64.9 Å². The first-order chi connectivity index (χ1) is 15.1. The van der Waals surface area contributed by atoms with Crippen molar-refractivity contribution in [3.63, 3.8) is 0 Å². The first-order valence-corrected chi connectivity index (χ1v) is 12.3. The summed E-state index contributed by atoms with van der Waals surface area (Å²) in [6.45, 7) is 0.596. The lowest BCUT2D eigenvalue weighted by atomic mass is 10.1. The van der Waals surface area contributed by atoms with E-state index >= 15 is 0 Å². The number of nitrogens with zero attached hydrogens (tertiary/aromatic N) is 1. The van der Waals surface area contributed by atoms with Gasteiger partial charge in [0, 0.05) is 23.5 Å². The summed E-state index contributed by atoms with van der Waals surface area (Å²) in [4.78, 5) is 28.3. The summed E-state index contributed by atoms with van der Waals surface area (Å²) in [6.07, 6.45) is 4.83. The number of thioether (sulfide) groups is 1. The Hall–Kier alpha value is -2.48. The molecule has 1 fully saturated rings. The fraction of sp³-hybridized carbons (Fsp3) is 0.208. The number of fused-ring (bicyclic) bond motifs is 1. The first kappa shape index (κ1) is 21.7. The molecule has 4 nitrogen and oxygen atoms in total. The standard InChI is InChI=1S/C24H22N2O2S3/c27-22(25-19-12-11-17-7-3-4-8-18(17)15-19)10-2-1-5-13-26-23(28)21(31-24(26)29)16-20-9-6-14-30-20/h3-4,6-9,11-12,14-16H,1-2,5,10,13H2,(H,25,27). The molecule has 1 N–H and O–H groups in total. The minimum absolute atomic E-state index is 0.0137. The van der Waals surface area contributed by atoms with Gasteiger partial charge in [-0.1, -0.05) is 66.8 Å². The van der Waals surface area contributed by atoms with Gasteiger partial charge in [0.2, 0.25) is 5.91 Å². The maximum Gasteiger partial charge on any atom is 0.266 e. The lowest BCUT2D eigenvalue weighted by Gasteiger charge is -2.14. The van der Waals surface area contributed by atoms with Crippen molar-refractivity contribution >= 4 is 74.0 Å². The molecule has 0 atom stereocenters. The minimum atomic E-state index is -0.0163. The van der Waals surface area contributed by atoms with Crippen molar-refractivity contribution in [1.82, 2.24) is 4.90 Å². The fourth-order valence-corrected chi connectivity index (χ4v) is 5.45. The van der Waals surface area contributed by atoms with Crippen LogP contribution in [0.25, 0.3) is 16.8 Å². The van der Waals surface area contributed by atoms with Crippen LogP contribution >= 0.6 is 35.3 Å². The van der Waals surface area contributed by atoms with E-state index in [1.807, 2.05) is 60.0 Å². The molecule has 0 saturated carbocycles. The zero-order valence-electron chi connectivity index (χ0n) is 16.9. The van der Waals surface area contributed by atoms with Gasteiger partial charge in [-0.3, -0.25) is 14.5 Å². The number of rotatable bonds is 8. The summed E-state index contributed by atoms with van der Waals surface area (Å²) in [5.41, 5.74) is 0.818. The van der Waals surface area contributed by atoms with Gasteiger partial charge in [-0.15, -0.1) is 11.3 Å². The molecule has 1 saturated heterocycles. The van der Waals surface area contributed by atoms with Crippen molar-refractivity contribution in [3.8, 4) is 0 Å². The largest absolute Gasteiger partial charge is 0.326 e. The molecule has 2 aromatic carbocycles. The number of hydrogen-bond donors (Lipinski definition) is 1. The highest BCUT2D eigenvalue weighted by atomic mass is 32.2. The van der Waals surface area contributed by atoms with Crippen molar-refractivity contribution < 1.29 is 9.59 Å². The summed E-state index contributed by atoms with van der Waals surface area (Å²) in [6, 6.07) is 18.0. The Kier molecular flexibility index (Phi) is 7.17. The van der Waals surface area contributed by atoms with E-state index in [0.717, 1.165) is 40.6 Å². The van der Waals surface area contributed by atoms with E-state index in [-0.39, 0.29) is 11.8 Å². The smallest absolute Gasteiger partial charge is 0.266 e. The van der Waals surface area contributed by atoms with Gasteiger partial charge in [0.1, 0.15) is 4.32 Å². The van der Waals surface area contributed by atoms with Crippen LogP contribution in [0.3, 0.4) is 0 Å². The molecule has 1 aliphatic rings. The predicted octanol–water partition coefficient (Wildman–Crippen LogP) is 6.30. The number of benzene rings is 2. The average molecular weight is 467 g/mol. The zero-order chi connectivity index (χ0) is 21.6. The molecule has 1 aromatic heterocycles. The van der Waals surface area contributed by atoms with Crippen LogP contribution in [-0.2, 0) is 9.59 Å². The number of thiophene rings is 1. The number of carbonyl (C=O) groups is 2. The van der Waals surface area contributed by atoms with Crippen LogP contribution < -0.4 is 5.32 Å². The molecule has 4 rings (SSSR count). The molecule has 31 heavy (non-hydrogen) atoms. The quantitative estimate of drug-likeness (QED) is 0.240. The van der Waals surface area contributed by atoms with Crippen molar-refractivity contribution in [2.45, 2.75) is 25.7 Å². The van der Waals surface area contributed by atoms with Gasteiger partial charge in [0.05, 0.1) is 4.91 Å². The Morgan fingerprint density at radius 3 is 2.68 bits per heavy atom. The molecule has 3 aromatic rings. The normalized spacial score (nSPS) is 15.2. The molecule has 0 radical (unpaired) electrons. The summed E-state index contributed by atoms with van der Waals surface area (Å²) in [7, 11) is 0. The average Bonchev–Trinajstić information content (AvgIpc) is 3.37. The first-order valence-electron chi connectivity index (χ1n) is 10.2. The molecule has 2 amide bonds. The van der Waals surface area contributed by atoms with E-state index < -0.39 is 0 Å². The number of nitrogens with one attached hydrogen (secondary N) is 1. The van der Waals surface area contributed by atoms with Gasteiger partial charge in [-0.05, 0) is 53.3 Å². The molecule has 7 heteroatoms. The van der Waals surface area contributed by atoms with Crippen LogP contribution in [0.1, 0.15) is 30.6 Å². The van der Waals surface area contributed by atoms with Gasteiger partial charge >= 0.3 is 0 Å². The molecule has 0 unspecified atom stereocenters. The maximum absolute atomic E-state index is 12.6. The second-order valence-corrected chi connectivity index (χ2v) is 9.92. The lowest BCUT2D eigenvalue weighted by molar-refractivity contribution is -0.122. The lowest BCUT2D eigenvalue weighted by Crippen LogP contribution is -2.29. The van der Waals surface area contributed by atoms with Crippen LogP contribution in [0.2, 0.25) is 0 Å². The van der Waals surface area contributed by atoms with Crippen LogP contribution in [0, 0.1) is 0 Å². The summed E-state index contributed by atoms with van der Waals surface area (Å²) >= 11 is 8.35. The van der Waals surface area contributed by atoms with Crippen molar-refractivity contribution in [3.05, 3.63) is 69.8 Å². The highest BCUT2D eigenvalue weighted by Crippen LogP contribution is 2.33. The van der Waals surface area contributed by atoms with E-state index in [1.54, 1.807) is 16.2 Å². The van der Waals surface area contributed by atoms with Gasteiger partial charge in [0.15, 0.2) is 0 Å². The molecule has 2 heterocycles. The van der Waals surface area contributed by atoms with E-state index in [4.69, 9.17) is 12.2 Å². The van der Waals surface area contributed by atoms with E-state index in [0.29, 0.717) is 22.2 Å². The second-order valence-electron chi connectivity index (χ2n) is 7.27. The van der Waals surface area contributed by atoms with E-state index in [2.05, 4.69) is 11.4 Å². The van der Waals surface area contributed by atoms with E-state index in [1.165, 1.54) is 11.8 Å². The number of hydrogen-bond acceptors (Lipinski definition) is 5. The second kappa shape index (κ2) is 10.2. The number of thiocarbonyl (C=S) groups is 1. The number of carbonyl (C=O) groups excluding carboxylic acids is 2. The van der Waals surface area contributed by atoms with Gasteiger partial charge < -0.3 is 5.32 Å². The third-order valence-electron chi connectivity index (χ3n) is 5.01. The molecular formula is C24H22N2O2S3. The molecule has 0 bridgehead atoms. The van der Waals surface area contributed by atoms with E-state index in [9.17, 15) is 9.59 Å². The highest BCUT2D eigenvalue weighted by Gasteiger charge is 2.31. The molecule has 0 spiro atoms. The summed E-state index contributed by atoms with van der Waals surface area (Å²) in [5, 5.41) is 7.22. The van der Waals surface area contributed by atoms with Crippen molar-refractivity contribution in [1.29, 1.82) is 0 Å². The predicted molar refractivity (Wildman–Crippen MR) is 135 cm³/mol. The zero-order valence-corrected chi connectivity index (χ0v) is 19.3. The molecule has 1 aliphatic heterocycles. The Labute approximate surface area is 195 Å². The third kappa shape index (κ3) is 5.61. The molecule has 0 aliphatic carbocycles. The monoisotopic (exact) mass is 466 g/mol. The van der Waals surface area contributed by atoms with Crippen molar-refractivity contribution in [2.24, 2.45) is 0 Å². The Morgan fingerprint density at radius 2 is 1.87 bits per heavy atom. The van der Waals surface area contributed by atoms with Crippen LogP contribution in [0.4, 0.5) is 5.69 Å². The van der Waals surface area contributed by atoms with Gasteiger partial charge in [-0.25, -0.2) is 0 Å². The third-order valence-corrected chi connectivity index (χ3v) is 7.21. The number of amides is 2. The van der Waals surface area contributed by atoms with Crippen LogP contribution in [-0.4, -0.2) is 27.6 Å². The fourth-order valence-electron chi connectivity index (χ4n) is 3.42. The van der Waals surface area contributed by atoms with Crippen molar-refractivity contribution in [2.75, 3.05) is 11.9 Å². The SMILES string of the molecule is O=C(CCCCCN1C(=O)C(=Cc2cccs2)SC1=S)Nc1ccc2ccccc2c1. The minimum Gasteiger partial charge on any atom is -0.326 e.